The van der Waals surface area contributed by atoms with Crippen molar-refractivity contribution in [2.45, 2.75) is 65.1 Å². The number of carbonyl (C=O) groups is 3. The number of nitrogens with zero attached hydrogens (tertiary/aromatic N) is 1. The zero-order valence-electron chi connectivity index (χ0n) is 18.2. The van der Waals surface area contributed by atoms with Gasteiger partial charge in [0.1, 0.15) is 23.9 Å². The Labute approximate surface area is 178 Å². The first-order valence-corrected chi connectivity index (χ1v) is 9.83. The lowest BCUT2D eigenvalue weighted by Gasteiger charge is -2.28. The number of amides is 3. The van der Waals surface area contributed by atoms with Crippen LogP contribution in [-0.2, 0) is 14.3 Å². The molecule has 0 radical (unpaired) electrons. The zero-order chi connectivity index (χ0) is 22.9. The van der Waals surface area contributed by atoms with Crippen LogP contribution in [0.15, 0.2) is 24.3 Å². The van der Waals surface area contributed by atoms with E-state index in [9.17, 15) is 19.5 Å². The minimum atomic E-state index is -1.17. The Bertz CT molecular complexity index is 795. The van der Waals surface area contributed by atoms with Crippen LogP contribution >= 0.6 is 0 Å². The number of phenols is 1. The van der Waals surface area contributed by atoms with Crippen molar-refractivity contribution < 1.29 is 24.2 Å². The molecule has 0 aliphatic heterocycles. The normalized spacial score (nSPS) is 12.8. The van der Waals surface area contributed by atoms with E-state index in [1.165, 1.54) is 12.1 Å². The highest BCUT2D eigenvalue weighted by Gasteiger charge is 2.32. The van der Waals surface area contributed by atoms with E-state index in [1.807, 2.05) is 13.8 Å². The second kappa shape index (κ2) is 11.1. The number of rotatable bonds is 8. The molecule has 2 unspecified atom stereocenters. The minimum absolute atomic E-state index is 0.0665. The smallest absolute Gasteiger partial charge is 0.408 e. The molecule has 3 N–H and O–H groups in total. The SMILES string of the molecule is C#CN(C(=O)CNC(=O)OC(C)(C)C)C(C(=O)NC(C)CCC)c1cccc(O)c1. The number of aromatic hydroxyl groups is 1. The highest BCUT2D eigenvalue weighted by molar-refractivity contribution is 5.91. The van der Waals surface area contributed by atoms with Crippen LogP contribution in [-0.4, -0.2) is 46.1 Å². The molecule has 0 aliphatic rings. The van der Waals surface area contributed by atoms with Gasteiger partial charge in [-0.1, -0.05) is 31.9 Å². The number of alkyl carbamates (subject to hydrolysis) is 1. The van der Waals surface area contributed by atoms with Crippen molar-refractivity contribution in [3.05, 3.63) is 29.8 Å². The maximum absolute atomic E-state index is 13.0. The van der Waals surface area contributed by atoms with Gasteiger partial charge in [0.2, 0.25) is 5.91 Å². The molecule has 0 heterocycles. The van der Waals surface area contributed by atoms with Crippen molar-refractivity contribution in [2.24, 2.45) is 0 Å². The maximum atomic E-state index is 13.0. The Morgan fingerprint density at radius 1 is 1.30 bits per heavy atom. The van der Waals surface area contributed by atoms with Crippen molar-refractivity contribution in [3.63, 3.8) is 0 Å². The maximum Gasteiger partial charge on any atom is 0.408 e. The predicted octanol–water partition coefficient (Wildman–Crippen LogP) is 2.68. The number of hydrogen-bond acceptors (Lipinski definition) is 5. The molecule has 2 atom stereocenters. The first-order valence-electron chi connectivity index (χ1n) is 9.83. The van der Waals surface area contributed by atoms with E-state index in [0.29, 0.717) is 5.56 Å². The van der Waals surface area contributed by atoms with E-state index >= 15 is 0 Å². The summed E-state index contributed by atoms with van der Waals surface area (Å²) in [5.41, 5.74) is -0.377. The topological polar surface area (TPSA) is 108 Å². The third-order valence-electron chi connectivity index (χ3n) is 3.99. The van der Waals surface area contributed by atoms with Crippen LogP contribution < -0.4 is 10.6 Å². The molecular formula is C22H31N3O5. The number of phenolic OH excluding ortho intramolecular Hbond substituents is 1. The van der Waals surface area contributed by atoms with Gasteiger partial charge in [-0.15, -0.1) is 0 Å². The summed E-state index contributed by atoms with van der Waals surface area (Å²) in [7, 11) is 0. The van der Waals surface area contributed by atoms with E-state index in [-0.39, 0.29) is 11.8 Å². The Morgan fingerprint density at radius 2 is 1.97 bits per heavy atom. The lowest BCUT2D eigenvalue weighted by molar-refractivity contribution is -0.136. The lowest BCUT2D eigenvalue weighted by Crippen LogP contribution is -2.47. The number of terminal acetylenes is 1. The van der Waals surface area contributed by atoms with Crippen molar-refractivity contribution in [1.82, 2.24) is 15.5 Å². The molecule has 8 nitrogen and oxygen atoms in total. The number of nitrogens with one attached hydrogen (secondary N) is 2. The van der Waals surface area contributed by atoms with Gasteiger partial charge >= 0.3 is 6.09 Å². The Hall–Kier alpha value is -3.21. The molecule has 1 rings (SSSR count). The van der Waals surface area contributed by atoms with Gasteiger partial charge < -0.3 is 20.5 Å². The molecule has 164 valence electrons. The number of ether oxygens (including phenoxy) is 1. The van der Waals surface area contributed by atoms with E-state index in [4.69, 9.17) is 11.2 Å². The summed E-state index contributed by atoms with van der Waals surface area (Å²) in [6.45, 7) is 8.49. The molecule has 0 aromatic heterocycles. The van der Waals surface area contributed by atoms with E-state index < -0.39 is 36.1 Å². The highest BCUT2D eigenvalue weighted by Crippen LogP contribution is 2.24. The molecule has 0 saturated carbocycles. The zero-order valence-corrected chi connectivity index (χ0v) is 18.2. The van der Waals surface area contributed by atoms with Gasteiger partial charge in [-0.05, 0) is 51.8 Å². The average molecular weight is 418 g/mol. The summed E-state index contributed by atoms with van der Waals surface area (Å²) in [4.78, 5) is 38.5. The highest BCUT2D eigenvalue weighted by atomic mass is 16.6. The summed E-state index contributed by atoms with van der Waals surface area (Å²) in [5.74, 6) is -1.22. The molecule has 0 spiro atoms. The molecule has 30 heavy (non-hydrogen) atoms. The molecule has 0 aliphatic carbocycles. The summed E-state index contributed by atoms with van der Waals surface area (Å²) in [5, 5.41) is 15.0. The van der Waals surface area contributed by atoms with Crippen molar-refractivity contribution in [1.29, 1.82) is 0 Å². The second-order valence-electron chi connectivity index (χ2n) is 7.94. The van der Waals surface area contributed by atoms with Gasteiger partial charge in [0.15, 0.2) is 0 Å². The Balaban J connectivity index is 3.07. The van der Waals surface area contributed by atoms with Gasteiger partial charge in [0.25, 0.3) is 5.91 Å². The fourth-order valence-electron chi connectivity index (χ4n) is 2.78. The molecule has 0 fully saturated rings. The number of benzene rings is 1. The van der Waals surface area contributed by atoms with Gasteiger partial charge in [-0.25, -0.2) is 4.79 Å². The van der Waals surface area contributed by atoms with Crippen molar-refractivity contribution >= 4 is 17.9 Å². The van der Waals surface area contributed by atoms with Crippen molar-refractivity contribution in [3.8, 4) is 18.2 Å². The minimum Gasteiger partial charge on any atom is -0.508 e. The summed E-state index contributed by atoms with van der Waals surface area (Å²) < 4.78 is 5.10. The van der Waals surface area contributed by atoms with E-state index in [0.717, 1.165) is 17.7 Å². The van der Waals surface area contributed by atoms with Gasteiger partial charge in [-0.3, -0.25) is 14.5 Å². The monoisotopic (exact) mass is 417 g/mol. The fraction of sp³-hybridized carbons (Fsp3) is 0.500. The third-order valence-corrected chi connectivity index (χ3v) is 3.99. The van der Waals surface area contributed by atoms with Crippen LogP contribution in [0.4, 0.5) is 4.79 Å². The largest absolute Gasteiger partial charge is 0.508 e. The van der Waals surface area contributed by atoms with E-state index in [2.05, 4.69) is 16.7 Å². The Morgan fingerprint density at radius 3 is 2.50 bits per heavy atom. The molecule has 3 amide bonds. The second-order valence-corrected chi connectivity index (χ2v) is 7.94. The van der Waals surface area contributed by atoms with Crippen LogP contribution in [0.2, 0.25) is 0 Å². The van der Waals surface area contributed by atoms with Gasteiger partial charge in [-0.2, -0.15) is 0 Å². The molecular weight excluding hydrogens is 386 g/mol. The molecule has 0 saturated heterocycles. The first-order chi connectivity index (χ1) is 14.0. The van der Waals surface area contributed by atoms with Crippen LogP contribution in [0.3, 0.4) is 0 Å². The number of carbonyl (C=O) groups excluding carboxylic acids is 3. The Kier molecular flexibility index (Phi) is 9.18. The van der Waals surface area contributed by atoms with Crippen LogP contribution in [0.1, 0.15) is 59.1 Å². The summed E-state index contributed by atoms with van der Waals surface area (Å²) in [6.07, 6.45) is 6.40. The van der Waals surface area contributed by atoms with Crippen LogP contribution in [0.25, 0.3) is 0 Å². The van der Waals surface area contributed by atoms with Crippen LogP contribution in [0.5, 0.6) is 5.75 Å². The molecule has 1 aromatic carbocycles. The predicted molar refractivity (Wildman–Crippen MR) is 113 cm³/mol. The molecule has 1 aromatic rings. The lowest BCUT2D eigenvalue weighted by atomic mass is 10.0. The molecule has 0 bridgehead atoms. The first kappa shape index (κ1) is 24.8. The van der Waals surface area contributed by atoms with Crippen LogP contribution in [0, 0.1) is 12.5 Å². The quantitative estimate of drug-likeness (QED) is 0.445. The number of hydrogen-bond donors (Lipinski definition) is 3. The van der Waals surface area contributed by atoms with E-state index in [1.54, 1.807) is 32.9 Å². The fourth-order valence-corrected chi connectivity index (χ4v) is 2.78. The molecule has 8 heteroatoms. The average Bonchev–Trinajstić information content (AvgIpc) is 2.62. The van der Waals surface area contributed by atoms with Gasteiger partial charge in [0.05, 0.1) is 0 Å². The van der Waals surface area contributed by atoms with Gasteiger partial charge in [0, 0.05) is 12.1 Å². The standard InChI is InChI=1S/C22H31N3O5/c1-7-10-15(3)24-20(28)19(16-11-9-12-17(26)13-16)25(8-2)18(27)14-23-21(29)30-22(4,5)6/h2,9,11-13,15,19,26H,7,10,14H2,1,3-6H3,(H,23,29)(H,24,28). The van der Waals surface area contributed by atoms with Crippen molar-refractivity contribution in [2.75, 3.05) is 6.54 Å². The summed E-state index contributed by atoms with van der Waals surface area (Å²) in [6, 6.07) is 6.89. The third kappa shape index (κ3) is 8.03. The summed E-state index contributed by atoms with van der Waals surface area (Å²) >= 11 is 0.